The van der Waals surface area contributed by atoms with Crippen LogP contribution in [0, 0.1) is 0 Å². The van der Waals surface area contributed by atoms with Crippen LogP contribution in [0.2, 0.25) is 0 Å². The molecule has 4 heteroatoms. The molecule has 0 spiro atoms. The third kappa shape index (κ3) is 2.72. The van der Waals surface area contributed by atoms with Gasteiger partial charge in [0.15, 0.2) is 0 Å². The first kappa shape index (κ1) is 14.3. The van der Waals surface area contributed by atoms with Crippen molar-refractivity contribution in [2.75, 3.05) is 53.4 Å². The van der Waals surface area contributed by atoms with E-state index in [0.717, 1.165) is 6.54 Å². The fraction of sp³-hybridized carbons (Fsp3) is 1.00. The SMILES string of the molecule is CCC1CN(C2(CN)CCN(C)CC2)CCN1C. The van der Waals surface area contributed by atoms with Gasteiger partial charge in [0, 0.05) is 37.8 Å². The van der Waals surface area contributed by atoms with Gasteiger partial charge in [-0.1, -0.05) is 6.92 Å². The van der Waals surface area contributed by atoms with E-state index in [1.165, 1.54) is 52.0 Å². The number of rotatable bonds is 3. The summed E-state index contributed by atoms with van der Waals surface area (Å²) in [7, 11) is 4.48. The van der Waals surface area contributed by atoms with Gasteiger partial charge >= 0.3 is 0 Å². The molecule has 1 unspecified atom stereocenters. The lowest BCUT2D eigenvalue weighted by Crippen LogP contribution is -2.65. The third-order valence-corrected chi connectivity index (χ3v) is 5.22. The summed E-state index contributed by atoms with van der Waals surface area (Å²) in [5.41, 5.74) is 6.44. The van der Waals surface area contributed by atoms with Gasteiger partial charge in [0.25, 0.3) is 0 Å². The Bertz CT molecular complexity index is 261. The average molecular weight is 254 g/mol. The van der Waals surface area contributed by atoms with Gasteiger partial charge in [-0.05, 0) is 46.4 Å². The highest BCUT2D eigenvalue weighted by Crippen LogP contribution is 2.30. The number of piperazine rings is 1. The van der Waals surface area contributed by atoms with E-state index >= 15 is 0 Å². The van der Waals surface area contributed by atoms with E-state index in [0.29, 0.717) is 6.04 Å². The molecule has 0 aromatic carbocycles. The molecule has 0 amide bonds. The molecule has 2 heterocycles. The highest BCUT2D eigenvalue weighted by atomic mass is 15.3. The summed E-state index contributed by atoms with van der Waals surface area (Å²) in [5.74, 6) is 0. The van der Waals surface area contributed by atoms with Gasteiger partial charge in [-0.2, -0.15) is 0 Å². The third-order valence-electron chi connectivity index (χ3n) is 5.22. The zero-order valence-corrected chi connectivity index (χ0v) is 12.4. The Morgan fingerprint density at radius 1 is 1.11 bits per heavy atom. The minimum atomic E-state index is 0.279. The Labute approximate surface area is 112 Å². The molecule has 0 radical (unpaired) electrons. The molecule has 0 bridgehead atoms. The van der Waals surface area contributed by atoms with Gasteiger partial charge in [0.05, 0.1) is 0 Å². The van der Waals surface area contributed by atoms with Crippen molar-refractivity contribution in [2.45, 2.75) is 37.8 Å². The zero-order chi connectivity index (χ0) is 13.2. The lowest BCUT2D eigenvalue weighted by Gasteiger charge is -2.52. The molecule has 0 aromatic heterocycles. The van der Waals surface area contributed by atoms with Gasteiger partial charge < -0.3 is 15.5 Å². The van der Waals surface area contributed by atoms with Crippen LogP contribution in [-0.4, -0.2) is 79.6 Å². The van der Waals surface area contributed by atoms with Gasteiger partial charge in [0.1, 0.15) is 0 Å². The number of nitrogens with zero attached hydrogens (tertiary/aromatic N) is 3. The van der Waals surface area contributed by atoms with Crippen molar-refractivity contribution in [3.8, 4) is 0 Å². The molecule has 2 N–H and O–H groups in total. The molecule has 0 aliphatic carbocycles. The Morgan fingerprint density at radius 2 is 1.78 bits per heavy atom. The van der Waals surface area contributed by atoms with Crippen molar-refractivity contribution in [2.24, 2.45) is 5.73 Å². The highest BCUT2D eigenvalue weighted by Gasteiger charge is 2.40. The van der Waals surface area contributed by atoms with Crippen LogP contribution < -0.4 is 5.73 Å². The Hall–Kier alpha value is -0.160. The van der Waals surface area contributed by atoms with Crippen LogP contribution in [-0.2, 0) is 0 Å². The van der Waals surface area contributed by atoms with Crippen molar-refractivity contribution in [3.05, 3.63) is 0 Å². The molecule has 2 fully saturated rings. The fourth-order valence-electron chi connectivity index (χ4n) is 3.50. The molecule has 0 aromatic rings. The summed E-state index contributed by atoms with van der Waals surface area (Å²) in [6, 6.07) is 0.710. The van der Waals surface area contributed by atoms with Crippen LogP contribution in [0.3, 0.4) is 0 Å². The smallest absolute Gasteiger partial charge is 0.0357 e. The maximum Gasteiger partial charge on any atom is 0.0357 e. The molecular weight excluding hydrogens is 224 g/mol. The number of hydrogen-bond donors (Lipinski definition) is 1. The summed E-state index contributed by atoms with van der Waals surface area (Å²) in [6.45, 7) is 9.09. The lowest BCUT2D eigenvalue weighted by molar-refractivity contribution is -0.0186. The second-order valence-corrected chi connectivity index (χ2v) is 6.22. The van der Waals surface area contributed by atoms with Crippen molar-refractivity contribution in [1.82, 2.24) is 14.7 Å². The number of piperidine rings is 1. The van der Waals surface area contributed by atoms with E-state index in [2.05, 4.69) is 35.7 Å². The second-order valence-electron chi connectivity index (χ2n) is 6.22. The van der Waals surface area contributed by atoms with Crippen LogP contribution in [0.15, 0.2) is 0 Å². The van der Waals surface area contributed by atoms with E-state index in [4.69, 9.17) is 5.73 Å². The number of nitrogens with two attached hydrogens (primary N) is 1. The predicted octanol–water partition coefficient (Wildman–Crippen LogP) is 0.436. The summed E-state index contributed by atoms with van der Waals surface area (Å²) < 4.78 is 0. The van der Waals surface area contributed by atoms with Crippen LogP contribution in [0.25, 0.3) is 0 Å². The summed E-state index contributed by atoms with van der Waals surface area (Å²) in [6.07, 6.45) is 3.72. The van der Waals surface area contributed by atoms with Crippen LogP contribution >= 0.6 is 0 Å². The molecule has 4 nitrogen and oxygen atoms in total. The normalized spacial score (nSPS) is 31.7. The van der Waals surface area contributed by atoms with Crippen LogP contribution in [0.4, 0.5) is 0 Å². The maximum atomic E-state index is 6.16. The highest BCUT2D eigenvalue weighted by molar-refractivity contribution is 4.98. The Kier molecular flexibility index (Phi) is 4.64. The van der Waals surface area contributed by atoms with E-state index in [1.54, 1.807) is 0 Å². The summed E-state index contributed by atoms with van der Waals surface area (Å²) in [5, 5.41) is 0. The molecular formula is C14H30N4. The number of likely N-dealkylation sites (N-methyl/N-ethyl adjacent to an activating group) is 1. The van der Waals surface area contributed by atoms with Crippen molar-refractivity contribution in [3.63, 3.8) is 0 Å². The summed E-state index contributed by atoms with van der Waals surface area (Å²) >= 11 is 0. The monoisotopic (exact) mass is 254 g/mol. The van der Waals surface area contributed by atoms with E-state index in [1.807, 2.05) is 0 Å². The first-order chi connectivity index (χ1) is 8.61. The second kappa shape index (κ2) is 5.87. The van der Waals surface area contributed by atoms with Gasteiger partial charge in [0.2, 0.25) is 0 Å². The van der Waals surface area contributed by atoms with Crippen molar-refractivity contribution >= 4 is 0 Å². The summed E-state index contributed by atoms with van der Waals surface area (Å²) in [4.78, 5) is 7.64. The van der Waals surface area contributed by atoms with Crippen molar-refractivity contribution in [1.29, 1.82) is 0 Å². The van der Waals surface area contributed by atoms with E-state index in [9.17, 15) is 0 Å². The molecule has 2 aliphatic heterocycles. The molecule has 18 heavy (non-hydrogen) atoms. The predicted molar refractivity (Wildman–Crippen MR) is 76.8 cm³/mol. The minimum Gasteiger partial charge on any atom is -0.329 e. The largest absolute Gasteiger partial charge is 0.329 e. The standard InChI is InChI=1S/C14H30N4/c1-4-13-11-18(10-9-17(13)3)14(12-15)5-7-16(2)8-6-14/h13H,4-12,15H2,1-3H3. The molecule has 2 saturated heterocycles. The Balaban J connectivity index is 2.04. The van der Waals surface area contributed by atoms with Gasteiger partial charge in [-0.25, -0.2) is 0 Å². The number of likely N-dealkylation sites (tertiary alicyclic amines) is 1. The average Bonchev–Trinajstić information content (AvgIpc) is 2.41. The Morgan fingerprint density at radius 3 is 2.33 bits per heavy atom. The van der Waals surface area contributed by atoms with Gasteiger partial charge in [-0.3, -0.25) is 4.90 Å². The molecule has 106 valence electrons. The molecule has 1 atom stereocenters. The van der Waals surface area contributed by atoms with Crippen molar-refractivity contribution < 1.29 is 0 Å². The minimum absolute atomic E-state index is 0.279. The quantitative estimate of drug-likeness (QED) is 0.792. The maximum absolute atomic E-state index is 6.16. The molecule has 2 aliphatic rings. The van der Waals surface area contributed by atoms with Gasteiger partial charge in [-0.15, -0.1) is 0 Å². The zero-order valence-electron chi connectivity index (χ0n) is 12.4. The lowest BCUT2D eigenvalue weighted by atomic mass is 9.84. The van der Waals surface area contributed by atoms with Crippen LogP contribution in [0.5, 0.6) is 0 Å². The van der Waals surface area contributed by atoms with E-state index in [-0.39, 0.29) is 5.54 Å². The fourth-order valence-corrected chi connectivity index (χ4v) is 3.50. The first-order valence-electron chi connectivity index (χ1n) is 7.45. The topological polar surface area (TPSA) is 35.7 Å². The molecule has 0 saturated carbocycles. The van der Waals surface area contributed by atoms with Crippen LogP contribution in [0.1, 0.15) is 26.2 Å². The first-order valence-corrected chi connectivity index (χ1v) is 7.45. The molecule has 2 rings (SSSR count). The van der Waals surface area contributed by atoms with E-state index < -0.39 is 0 Å². The number of hydrogen-bond acceptors (Lipinski definition) is 4.